The predicted molar refractivity (Wildman–Crippen MR) is 63.0 cm³/mol. The lowest BCUT2D eigenvalue weighted by Gasteiger charge is -2.22. The summed E-state index contributed by atoms with van der Waals surface area (Å²) < 4.78 is 10.2. The maximum atomic E-state index is 11.8. The Kier molecular flexibility index (Phi) is 4.03. The highest BCUT2D eigenvalue weighted by atomic mass is 16.5. The summed E-state index contributed by atoms with van der Waals surface area (Å²) in [6, 6.07) is 0. The molecule has 2 N–H and O–H groups in total. The summed E-state index contributed by atoms with van der Waals surface area (Å²) in [4.78, 5) is 15.9. The van der Waals surface area contributed by atoms with Crippen molar-refractivity contribution in [1.29, 1.82) is 0 Å². The SMILES string of the molecule is CCOC(=O)c1nnc(N)nc1C1CCOCC1. The predicted octanol–water partition coefficient (Wildman–Crippen LogP) is 0.524. The summed E-state index contributed by atoms with van der Waals surface area (Å²) >= 11 is 0. The lowest BCUT2D eigenvalue weighted by atomic mass is 9.95. The molecule has 0 atom stereocenters. The van der Waals surface area contributed by atoms with Crippen LogP contribution in [0.3, 0.4) is 0 Å². The van der Waals surface area contributed by atoms with Gasteiger partial charge in [-0.05, 0) is 19.8 Å². The highest BCUT2D eigenvalue weighted by Gasteiger charge is 2.26. The fraction of sp³-hybridized carbons (Fsp3) is 0.636. The maximum Gasteiger partial charge on any atom is 0.360 e. The third kappa shape index (κ3) is 2.73. The molecule has 0 bridgehead atoms. The minimum absolute atomic E-state index is 0.0736. The highest BCUT2D eigenvalue weighted by molar-refractivity contribution is 5.88. The number of ether oxygens (including phenoxy) is 2. The molecule has 2 heterocycles. The molecule has 0 unspecified atom stereocenters. The van der Waals surface area contributed by atoms with Gasteiger partial charge in [0.05, 0.1) is 12.3 Å². The van der Waals surface area contributed by atoms with E-state index in [1.54, 1.807) is 6.92 Å². The number of rotatable bonds is 3. The van der Waals surface area contributed by atoms with Gasteiger partial charge in [-0.3, -0.25) is 0 Å². The van der Waals surface area contributed by atoms with Crippen molar-refractivity contribution in [2.75, 3.05) is 25.6 Å². The number of anilines is 1. The van der Waals surface area contributed by atoms with E-state index in [1.807, 2.05) is 0 Å². The summed E-state index contributed by atoms with van der Waals surface area (Å²) in [7, 11) is 0. The van der Waals surface area contributed by atoms with Gasteiger partial charge < -0.3 is 15.2 Å². The van der Waals surface area contributed by atoms with Crippen LogP contribution in [0.2, 0.25) is 0 Å². The number of nitrogen functional groups attached to an aromatic ring is 1. The van der Waals surface area contributed by atoms with Crippen LogP contribution >= 0.6 is 0 Å². The fourth-order valence-corrected chi connectivity index (χ4v) is 1.95. The second kappa shape index (κ2) is 5.72. The quantitative estimate of drug-likeness (QED) is 0.783. The molecule has 1 aromatic rings. The maximum absolute atomic E-state index is 11.8. The second-order valence-electron chi connectivity index (χ2n) is 4.01. The van der Waals surface area contributed by atoms with Gasteiger partial charge in [0.2, 0.25) is 5.95 Å². The molecule has 0 aromatic carbocycles. The average Bonchev–Trinajstić information content (AvgIpc) is 2.40. The number of nitrogens with zero attached hydrogens (tertiary/aromatic N) is 3. The molecule has 2 rings (SSSR count). The van der Waals surface area contributed by atoms with Crippen LogP contribution in [0.1, 0.15) is 41.9 Å². The van der Waals surface area contributed by atoms with Gasteiger partial charge in [0, 0.05) is 19.1 Å². The van der Waals surface area contributed by atoms with Crippen molar-refractivity contribution in [3.63, 3.8) is 0 Å². The lowest BCUT2D eigenvalue weighted by molar-refractivity contribution is 0.0509. The molecule has 7 heteroatoms. The van der Waals surface area contributed by atoms with Crippen molar-refractivity contribution in [3.05, 3.63) is 11.4 Å². The molecule has 98 valence electrons. The molecule has 0 saturated carbocycles. The van der Waals surface area contributed by atoms with E-state index in [1.165, 1.54) is 0 Å². The molecule has 1 fully saturated rings. The van der Waals surface area contributed by atoms with Crippen LogP contribution < -0.4 is 5.73 Å². The molecule has 1 aliphatic heterocycles. The van der Waals surface area contributed by atoms with Crippen LogP contribution in [0.5, 0.6) is 0 Å². The zero-order valence-corrected chi connectivity index (χ0v) is 10.3. The van der Waals surface area contributed by atoms with Crippen LogP contribution in [0.4, 0.5) is 5.95 Å². The van der Waals surface area contributed by atoms with E-state index in [9.17, 15) is 4.79 Å². The smallest absolute Gasteiger partial charge is 0.360 e. The Morgan fingerprint density at radius 3 is 2.83 bits per heavy atom. The van der Waals surface area contributed by atoms with Gasteiger partial charge in [-0.25, -0.2) is 9.78 Å². The minimum atomic E-state index is -0.501. The van der Waals surface area contributed by atoms with E-state index in [0.29, 0.717) is 18.9 Å². The van der Waals surface area contributed by atoms with E-state index >= 15 is 0 Å². The first-order valence-corrected chi connectivity index (χ1v) is 5.97. The largest absolute Gasteiger partial charge is 0.461 e. The van der Waals surface area contributed by atoms with Gasteiger partial charge in [-0.15, -0.1) is 10.2 Å². The van der Waals surface area contributed by atoms with Crippen LogP contribution in [0.25, 0.3) is 0 Å². The van der Waals surface area contributed by atoms with Crippen molar-refractivity contribution in [2.45, 2.75) is 25.7 Å². The number of hydrogen-bond acceptors (Lipinski definition) is 7. The number of nitrogens with two attached hydrogens (primary N) is 1. The molecular formula is C11H16N4O3. The number of carbonyl (C=O) groups is 1. The molecule has 1 saturated heterocycles. The molecule has 1 aromatic heterocycles. The third-order valence-electron chi connectivity index (χ3n) is 2.81. The Labute approximate surface area is 105 Å². The Bertz CT molecular complexity index is 432. The topological polar surface area (TPSA) is 100 Å². The monoisotopic (exact) mass is 252 g/mol. The molecule has 18 heavy (non-hydrogen) atoms. The summed E-state index contributed by atoms with van der Waals surface area (Å²) in [5, 5.41) is 7.44. The van der Waals surface area contributed by atoms with Crippen molar-refractivity contribution >= 4 is 11.9 Å². The number of carbonyl (C=O) groups excluding carboxylic acids is 1. The van der Waals surface area contributed by atoms with Gasteiger partial charge in [0.15, 0.2) is 5.69 Å². The summed E-state index contributed by atoms with van der Waals surface area (Å²) in [5.74, 6) is -0.306. The molecule has 0 spiro atoms. The van der Waals surface area contributed by atoms with Crippen LogP contribution in [-0.2, 0) is 9.47 Å². The summed E-state index contributed by atoms with van der Waals surface area (Å²) in [6.07, 6.45) is 1.59. The highest BCUT2D eigenvalue weighted by Crippen LogP contribution is 2.27. The first kappa shape index (κ1) is 12.7. The van der Waals surface area contributed by atoms with Crippen LogP contribution in [0, 0.1) is 0 Å². The third-order valence-corrected chi connectivity index (χ3v) is 2.81. The van der Waals surface area contributed by atoms with E-state index < -0.39 is 5.97 Å². The minimum Gasteiger partial charge on any atom is -0.461 e. The first-order valence-electron chi connectivity index (χ1n) is 5.97. The standard InChI is InChI=1S/C11H16N4O3/c1-2-18-10(16)9-8(13-11(12)15-14-9)7-3-5-17-6-4-7/h7H,2-6H2,1H3,(H2,12,13,15). The normalized spacial score (nSPS) is 16.5. The van der Waals surface area contributed by atoms with E-state index in [-0.39, 0.29) is 24.2 Å². The van der Waals surface area contributed by atoms with Crippen molar-refractivity contribution in [1.82, 2.24) is 15.2 Å². The zero-order valence-electron chi connectivity index (χ0n) is 10.3. The summed E-state index contributed by atoms with van der Waals surface area (Å²) in [6.45, 7) is 3.33. The molecule has 0 amide bonds. The van der Waals surface area contributed by atoms with Crippen molar-refractivity contribution < 1.29 is 14.3 Å². The number of aromatic nitrogens is 3. The van der Waals surface area contributed by atoms with Crippen molar-refractivity contribution in [2.24, 2.45) is 0 Å². The molecule has 7 nitrogen and oxygen atoms in total. The molecule has 0 radical (unpaired) electrons. The first-order chi connectivity index (χ1) is 8.72. The second-order valence-corrected chi connectivity index (χ2v) is 4.01. The molecular weight excluding hydrogens is 236 g/mol. The van der Waals surface area contributed by atoms with Gasteiger partial charge in [0.25, 0.3) is 0 Å². The Morgan fingerprint density at radius 2 is 2.17 bits per heavy atom. The van der Waals surface area contributed by atoms with Gasteiger partial charge in [-0.1, -0.05) is 0 Å². The van der Waals surface area contributed by atoms with E-state index in [4.69, 9.17) is 15.2 Å². The Hall–Kier alpha value is -1.76. The molecule has 0 aliphatic carbocycles. The summed E-state index contributed by atoms with van der Waals surface area (Å²) in [5.41, 5.74) is 6.28. The number of hydrogen-bond donors (Lipinski definition) is 1. The lowest BCUT2D eigenvalue weighted by Crippen LogP contribution is -2.21. The van der Waals surface area contributed by atoms with E-state index in [0.717, 1.165) is 12.8 Å². The average molecular weight is 252 g/mol. The Morgan fingerprint density at radius 1 is 1.44 bits per heavy atom. The fourth-order valence-electron chi connectivity index (χ4n) is 1.95. The number of esters is 1. The van der Waals surface area contributed by atoms with Gasteiger partial charge in [0.1, 0.15) is 0 Å². The zero-order chi connectivity index (χ0) is 13.0. The van der Waals surface area contributed by atoms with Crippen molar-refractivity contribution in [3.8, 4) is 0 Å². The van der Waals surface area contributed by atoms with Crippen LogP contribution in [-0.4, -0.2) is 41.0 Å². The molecule has 1 aliphatic rings. The van der Waals surface area contributed by atoms with Gasteiger partial charge >= 0.3 is 5.97 Å². The Balaban J connectivity index is 2.30. The van der Waals surface area contributed by atoms with Gasteiger partial charge in [-0.2, -0.15) is 0 Å². The van der Waals surface area contributed by atoms with E-state index in [2.05, 4.69) is 15.2 Å². The van der Waals surface area contributed by atoms with Crippen LogP contribution in [0.15, 0.2) is 0 Å².